The van der Waals surface area contributed by atoms with Gasteiger partial charge in [-0.25, -0.2) is 9.69 Å². The Morgan fingerprint density at radius 2 is 1.64 bits per heavy atom. The van der Waals surface area contributed by atoms with Crippen molar-refractivity contribution in [1.29, 1.82) is 5.26 Å². The summed E-state index contributed by atoms with van der Waals surface area (Å²) in [6.45, 7) is 3.91. The van der Waals surface area contributed by atoms with Crippen LogP contribution in [0.4, 0.5) is 10.5 Å². The van der Waals surface area contributed by atoms with Crippen molar-refractivity contribution in [3.8, 4) is 11.1 Å². The molecule has 7 nitrogen and oxygen atoms in total. The van der Waals surface area contributed by atoms with Gasteiger partial charge < -0.3 is 4.57 Å². The molecule has 3 aromatic rings. The maximum atomic E-state index is 13.8. The van der Waals surface area contributed by atoms with Crippen molar-refractivity contribution in [2.24, 2.45) is 17.8 Å². The Balaban J connectivity index is 1.11. The highest BCUT2D eigenvalue weighted by Crippen LogP contribution is 2.60. The lowest BCUT2D eigenvalue weighted by molar-refractivity contribution is -0.122. The van der Waals surface area contributed by atoms with E-state index >= 15 is 0 Å². The Labute approximate surface area is 261 Å². The number of rotatable bonds is 4. The van der Waals surface area contributed by atoms with E-state index < -0.39 is 17.8 Å². The van der Waals surface area contributed by atoms with Crippen LogP contribution in [0.1, 0.15) is 89.9 Å². The molecule has 6 aliphatic rings. The first kappa shape index (κ1) is 27.6. The first-order valence-corrected chi connectivity index (χ1v) is 16.8. The molecule has 4 bridgehead atoms. The Morgan fingerprint density at radius 3 is 2.30 bits per heavy atom. The number of carbonyl (C=O) groups excluding carboxylic acids is 3. The van der Waals surface area contributed by atoms with Crippen LogP contribution in [-0.4, -0.2) is 22.4 Å². The lowest BCUT2D eigenvalue weighted by Crippen LogP contribution is -2.54. The fourth-order valence-electron chi connectivity index (χ4n) is 9.55. The van der Waals surface area contributed by atoms with Crippen LogP contribution >= 0.6 is 11.3 Å². The molecule has 1 saturated heterocycles. The van der Waals surface area contributed by atoms with Gasteiger partial charge in [0.1, 0.15) is 16.6 Å². The largest absolute Gasteiger partial charge is 0.335 e. The van der Waals surface area contributed by atoms with Crippen LogP contribution in [0.25, 0.3) is 11.1 Å². The average molecular weight is 605 g/mol. The van der Waals surface area contributed by atoms with Gasteiger partial charge in [0.25, 0.3) is 11.8 Å². The fraction of sp³-hybridized carbons (Fsp3) is 0.444. The van der Waals surface area contributed by atoms with Gasteiger partial charge in [-0.1, -0.05) is 12.1 Å². The number of barbiturate groups is 1. The molecule has 1 N–H and O–H groups in total. The maximum Gasteiger partial charge on any atom is 0.335 e. The monoisotopic (exact) mass is 604 g/mol. The number of aromatic nitrogens is 1. The zero-order chi connectivity index (χ0) is 30.3. The summed E-state index contributed by atoms with van der Waals surface area (Å²) in [6.07, 6.45) is 13.6. The predicted octanol–water partition coefficient (Wildman–Crippen LogP) is 7.04. The van der Waals surface area contributed by atoms with Gasteiger partial charge in [0.15, 0.2) is 0 Å². The number of nitrogens with zero attached hydrogens (tertiary/aromatic N) is 3. The molecule has 3 heterocycles. The number of nitrogens with one attached hydrogen (secondary N) is 1. The molecule has 1 aromatic carbocycles. The van der Waals surface area contributed by atoms with Crippen molar-refractivity contribution in [2.75, 3.05) is 4.90 Å². The summed E-state index contributed by atoms with van der Waals surface area (Å²) in [6, 6.07) is 11.6. The minimum absolute atomic E-state index is 0.0824. The highest BCUT2D eigenvalue weighted by molar-refractivity contribution is 7.15. The molecule has 0 unspecified atom stereocenters. The zero-order valence-electron chi connectivity index (χ0n) is 25.2. The van der Waals surface area contributed by atoms with Crippen LogP contribution in [0.5, 0.6) is 0 Å². The Kier molecular flexibility index (Phi) is 6.29. The summed E-state index contributed by atoms with van der Waals surface area (Å²) in [4.78, 5) is 42.2. The summed E-state index contributed by atoms with van der Waals surface area (Å²) in [7, 11) is 0. The van der Waals surface area contributed by atoms with Gasteiger partial charge in [-0.15, -0.1) is 11.3 Å². The zero-order valence-corrected chi connectivity index (χ0v) is 26.1. The summed E-state index contributed by atoms with van der Waals surface area (Å²) in [5, 5.41) is 13.3. The van der Waals surface area contributed by atoms with Gasteiger partial charge in [0.2, 0.25) is 0 Å². The van der Waals surface area contributed by atoms with Gasteiger partial charge >= 0.3 is 6.03 Å². The van der Waals surface area contributed by atoms with Crippen LogP contribution in [-0.2, 0) is 27.8 Å². The van der Waals surface area contributed by atoms with Gasteiger partial charge in [-0.3, -0.25) is 14.9 Å². The van der Waals surface area contributed by atoms with E-state index in [1.165, 1.54) is 49.0 Å². The minimum Gasteiger partial charge on any atom is -0.308 e. The third-order valence-corrected chi connectivity index (χ3v) is 12.4. The number of thiophene rings is 1. The molecule has 224 valence electrons. The molecule has 0 atom stereocenters. The first-order chi connectivity index (χ1) is 21.2. The third-order valence-electron chi connectivity index (χ3n) is 11.1. The van der Waals surface area contributed by atoms with Crippen molar-refractivity contribution < 1.29 is 14.4 Å². The highest BCUT2D eigenvalue weighted by atomic mass is 32.1. The Morgan fingerprint density at radius 1 is 0.977 bits per heavy atom. The number of anilines is 1. The average Bonchev–Trinajstić information content (AvgIpc) is 3.49. The summed E-state index contributed by atoms with van der Waals surface area (Å²) in [5.74, 6) is 1.15. The number of hydrogen-bond donors (Lipinski definition) is 1. The maximum absolute atomic E-state index is 13.8. The van der Waals surface area contributed by atoms with E-state index in [0.717, 1.165) is 75.9 Å². The molecule has 5 aliphatic carbocycles. The molecular formula is C36H36N4O3S. The van der Waals surface area contributed by atoms with Crippen LogP contribution < -0.4 is 10.2 Å². The van der Waals surface area contributed by atoms with Crippen molar-refractivity contribution in [2.45, 2.75) is 83.5 Å². The molecule has 4 amide bonds. The van der Waals surface area contributed by atoms with Crippen LogP contribution in [0.2, 0.25) is 0 Å². The van der Waals surface area contributed by atoms with E-state index in [1.54, 1.807) is 17.4 Å². The van der Waals surface area contributed by atoms with E-state index in [4.69, 9.17) is 0 Å². The quantitative estimate of drug-likeness (QED) is 0.255. The number of imide groups is 2. The van der Waals surface area contributed by atoms with Crippen LogP contribution in [0.3, 0.4) is 0 Å². The van der Waals surface area contributed by atoms with Crippen molar-refractivity contribution in [1.82, 2.24) is 9.88 Å². The van der Waals surface area contributed by atoms with E-state index in [1.807, 2.05) is 32.0 Å². The number of carbonyl (C=O) groups is 3. The lowest BCUT2D eigenvalue weighted by atomic mass is 9.48. The smallest absolute Gasteiger partial charge is 0.308 e. The highest BCUT2D eigenvalue weighted by Gasteiger charge is 2.51. The molecule has 4 saturated carbocycles. The fourth-order valence-corrected chi connectivity index (χ4v) is 11.0. The Bertz CT molecular complexity index is 1780. The number of aryl methyl sites for hydroxylation is 2. The first-order valence-electron chi connectivity index (χ1n) is 16.0. The number of fused-ring (bicyclic) bond motifs is 1. The summed E-state index contributed by atoms with van der Waals surface area (Å²) in [5.41, 5.74) is 6.28. The molecule has 0 radical (unpaired) electrons. The number of amides is 4. The van der Waals surface area contributed by atoms with Gasteiger partial charge in [0, 0.05) is 16.3 Å². The second-order valence-electron chi connectivity index (χ2n) is 13.9. The molecule has 2 aromatic heterocycles. The van der Waals surface area contributed by atoms with Crippen molar-refractivity contribution in [3.63, 3.8) is 0 Å². The second kappa shape index (κ2) is 10.0. The van der Waals surface area contributed by atoms with Gasteiger partial charge in [-0.2, -0.15) is 5.26 Å². The van der Waals surface area contributed by atoms with Crippen molar-refractivity contribution >= 4 is 40.9 Å². The second-order valence-corrected chi connectivity index (χ2v) is 15.0. The molecule has 9 rings (SSSR count). The minimum atomic E-state index is -0.729. The molecule has 0 spiro atoms. The molecular weight excluding hydrogens is 568 g/mol. The summed E-state index contributed by atoms with van der Waals surface area (Å²) >= 11 is 1.67. The standard InChI is InChI=1S/C36H36N4O3S/c1-20-11-25(21(2)39(20)34-30(19-37)28-5-3-4-6-31(28)44-34)15-29-32(41)38-35(43)40(33(29)42)27-9-7-26(8-10-27)36-16-22-12-23(17-36)14-24(13-22)18-36/h7-11,15,22-24H,3-6,12-14,16-18H2,1-2H3,(H,38,41,43)/b29-15+. The van der Waals surface area contributed by atoms with Gasteiger partial charge in [-0.05, 0) is 142 Å². The molecule has 1 aliphatic heterocycles. The number of benzene rings is 1. The number of urea groups is 1. The van der Waals surface area contributed by atoms with Crippen molar-refractivity contribution in [3.05, 3.63) is 74.4 Å². The van der Waals surface area contributed by atoms with E-state index in [9.17, 15) is 19.6 Å². The topological polar surface area (TPSA) is 95.2 Å². The Hall–Kier alpha value is -3.96. The number of hydrogen-bond acceptors (Lipinski definition) is 5. The third kappa shape index (κ3) is 4.16. The normalized spacial score (nSPS) is 28.4. The summed E-state index contributed by atoms with van der Waals surface area (Å²) < 4.78 is 2.06. The number of nitriles is 1. The molecule has 44 heavy (non-hydrogen) atoms. The predicted molar refractivity (Wildman–Crippen MR) is 170 cm³/mol. The van der Waals surface area contributed by atoms with Crippen LogP contribution in [0, 0.1) is 42.9 Å². The van der Waals surface area contributed by atoms with E-state index in [0.29, 0.717) is 11.3 Å². The van der Waals surface area contributed by atoms with Gasteiger partial charge in [0.05, 0.1) is 11.3 Å². The molecule has 5 fully saturated rings. The molecule has 8 heteroatoms. The lowest BCUT2D eigenvalue weighted by Gasteiger charge is -2.57. The van der Waals surface area contributed by atoms with Crippen LogP contribution in [0.15, 0.2) is 35.9 Å². The SMILES string of the molecule is Cc1cc(/C=C2\C(=O)NC(=O)N(c3ccc(C45CC6CC(CC(C6)C4)C5)cc3)C2=O)c(C)n1-c1sc2c(c1C#N)CCCC2. The van der Waals surface area contributed by atoms with E-state index in [-0.39, 0.29) is 11.0 Å². The van der Waals surface area contributed by atoms with E-state index in [2.05, 4.69) is 28.1 Å².